The molecule has 2 aromatic rings. The number of rotatable bonds is 4. The van der Waals surface area contributed by atoms with Crippen molar-refractivity contribution in [1.29, 1.82) is 5.26 Å². The molecule has 92 valence electrons. The molecule has 0 radical (unpaired) electrons. The lowest BCUT2D eigenvalue weighted by Gasteiger charge is -2.12. The van der Waals surface area contributed by atoms with E-state index in [1.165, 1.54) is 0 Å². The van der Waals surface area contributed by atoms with Crippen molar-refractivity contribution in [2.45, 2.75) is 26.0 Å². The largest absolute Gasteiger partial charge is 0.382 e. The van der Waals surface area contributed by atoms with Gasteiger partial charge < -0.3 is 5.11 Å². The summed E-state index contributed by atoms with van der Waals surface area (Å²) in [6.07, 6.45) is 1.67. The van der Waals surface area contributed by atoms with Gasteiger partial charge in [0.1, 0.15) is 6.10 Å². The smallest absolute Gasteiger partial charge is 0.122 e. The highest BCUT2D eigenvalue weighted by Crippen LogP contribution is 2.21. The van der Waals surface area contributed by atoms with Gasteiger partial charge in [0.15, 0.2) is 0 Å². The Bertz CT molecular complexity index is 570. The second-order valence-electron chi connectivity index (χ2n) is 4.02. The fourth-order valence-electron chi connectivity index (χ4n) is 1.81. The Kier molecular flexibility index (Phi) is 3.70. The van der Waals surface area contributed by atoms with E-state index in [2.05, 4.69) is 16.4 Å². The van der Waals surface area contributed by atoms with Gasteiger partial charge in [-0.1, -0.05) is 24.3 Å². The van der Waals surface area contributed by atoms with Crippen molar-refractivity contribution in [3.8, 4) is 6.07 Å². The third kappa shape index (κ3) is 2.39. The third-order valence-electron chi connectivity index (χ3n) is 2.69. The minimum atomic E-state index is -0.806. The molecule has 0 aliphatic carbocycles. The molecule has 0 saturated carbocycles. The second-order valence-corrected chi connectivity index (χ2v) is 4.02. The van der Waals surface area contributed by atoms with E-state index in [0.29, 0.717) is 23.4 Å². The Morgan fingerprint density at radius 2 is 2.33 bits per heavy atom. The third-order valence-corrected chi connectivity index (χ3v) is 2.69. The van der Waals surface area contributed by atoms with Gasteiger partial charge in [-0.3, -0.25) is 0 Å². The van der Waals surface area contributed by atoms with Crippen molar-refractivity contribution in [3.05, 3.63) is 47.3 Å². The van der Waals surface area contributed by atoms with Crippen LogP contribution in [0.15, 0.2) is 30.5 Å². The van der Waals surface area contributed by atoms with Crippen molar-refractivity contribution in [1.82, 2.24) is 15.0 Å². The Hall–Kier alpha value is -2.19. The number of aromatic nitrogens is 3. The maximum atomic E-state index is 10.3. The molecule has 5 heteroatoms. The van der Waals surface area contributed by atoms with Gasteiger partial charge in [-0.25, -0.2) is 4.68 Å². The number of hydrogen-bond acceptors (Lipinski definition) is 4. The first-order valence-electron chi connectivity index (χ1n) is 5.82. The first-order chi connectivity index (χ1) is 8.76. The number of aliphatic hydroxyl groups is 1. The maximum absolute atomic E-state index is 10.3. The lowest BCUT2D eigenvalue weighted by molar-refractivity contribution is 0.207. The highest BCUT2D eigenvalue weighted by Gasteiger charge is 2.16. The first-order valence-corrected chi connectivity index (χ1v) is 5.82. The van der Waals surface area contributed by atoms with Crippen LogP contribution < -0.4 is 0 Å². The van der Waals surface area contributed by atoms with E-state index in [1.54, 1.807) is 35.1 Å². The Morgan fingerprint density at radius 3 is 3.06 bits per heavy atom. The van der Waals surface area contributed by atoms with E-state index in [1.807, 2.05) is 6.92 Å². The van der Waals surface area contributed by atoms with E-state index in [-0.39, 0.29) is 0 Å². The average molecular weight is 242 g/mol. The molecule has 1 aromatic heterocycles. The molecule has 2 rings (SSSR count). The number of benzene rings is 1. The highest BCUT2D eigenvalue weighted by molar-refractivity contribution is 5.35. The van der Waals surface area contributed by atoms with Gasteiger partial charge >= 0.3 is 0 Å². The van der Waals surface area contributed by atoms with Crippen LogP contribution in [0.5, 0.6) is 0 Å². The molecule has 0 fully saturated rings. The first kappa shape index (κ1) is 12.3. The molecule has 1 atom stereocenters. The average Bonchev–Trinajstić information content (AvgIpc) is 2.86. The van der Waals surface area contributed by atoms with Crippen LogP contribution in [0.2, 0.25) is 0 Å². The Balaban J connectivity index is 2.32. The Labute approximate surface area is 105 Å². The topological polar surface area (TPSA) is 74.7 Å². The predicted octanol–water partition coefficient (Wildman–Crippen LogP) is 1.64. The second kappa shape index (κ2) is 5.43. The summed E-state index contributed by atoms with van der Waals surface area (Å²) in [5.41, 5.74) is 1.85. The lowest BCUT2D eigenvalue weighted by atomic mass is 10.0. The number of nitriles is 1. The quantitative estimate of drug-likeness (QED) is 0.884. The molecular weight excluding hydrogens is 228 g/mol. The zero-order chi connectivity index (χ0) is 13.0. The zero-order valence-electron chi connectivity index (χ0n) is 10.1. The number of nitrogens with zero attached hydrogens (tertiary/aromatic N) is 4. The molecule has 0 amide bonds. The van der Waals surface area contributed by atoms with Gasteiger partial charge in [-0.2, -0.15) is 5.26 Å². The molecule has 1 aromatic carbocycles. The van der Waals surface area contributed by atoms with Gasteiger partial charge in [0.05, 0.1) is 23.5 Å². The van der Waals surface area contributed by atoms with Crippen molar-refractivity contribution < 1.29 is 5.11 Å². The summed E-state index contributed by atoms with van der Waals surface area (Å²) >= 11 is 0. The zero-order valence-corrected chi connectivity index (χ0v) is 10.1. The molecule has 0 saturated heterocycles. The summed E-state index contributed by atoms with van der Waals surface area (Å²) in [5, 5.41) is 26.9. The molecule has 1 N–H and O–H groups in total. The summed E-state index contributed by atoms with van der Waals surface area (Å²) in [6.45, 7) is 2.75. The summed E-state index contributed by atoms with van der Waals surface area (Å²) in [5.74, 6) is 0. The van der Waals surface area contributed by atoms with Crippen LogP contribution in [0.25, 0.3) is 0 Å². The summed E-state index contributed by atoms with van der Waals surface area (Å²) < 4.78 is 1.68. The van der Waals surface area contributed by atoms with Crippen molar-refractivity contribution in [2.24, 2.45) is 0 Å². The molecule has 1 unspecified atom stereocenters. The fourth-order valence-corrected chi connectivity index (χ4v) is 1.81. The molecule has 1 heterocycles. The number of hydrogen-bond donors (Lipinski definition) is 1. The van der Waals surface area contributed by atoms with E-state index in [0.717, 1.165) is 6.42 Å². The monoisotopic (exact) mass is 242 g/mol. The Morgan fingerprint density at radius 1 is 1.50 bits per heavy atom. The van der Waals surface area contributed by atoms with Gasteiger partial charge in [-0.05, 0) is 24.1 Å². The number of aryl methyl sites for hydroxylation is 1. The van der Waals surface area contributed by atoms with Crippen molar-refractivity contribution >= 4 is 0 Å². The highest BCUT2D eigenvalue weighted by atomic mass is 16.3. The molecule has 5 nitrogen and oxygen atoms in total. The fraction of sp³-hybridized carbons (Fsp3) is 0.308. The van der Waals surface area contributed by atoms with Crippen LogP contribution in [0.1, 0.15) is 36.3 Å². The SMILES string of the molecule is CCCn1nncc1C(O)c1cccc(C#N)c1. The standard InChI is InChI=1S/C13H14N4O/c1-2-6-17-12(9-15-16-17)13(18)11-5-3-4-10(7-11)8-14/h3-5,7,9,13,18H,2,6H2,1H3. The number of aliphatic hydroxyl groups excluding tert-OH is 1. The maximum Gasteiger partial charge on any atom is 0.122 e. The van der Waals surface area contributed by atoms with Gasteiger partial charge in [0, 0.05) is 6.54 Å². The van der Waals surface area contributed by atoms with E-state index in [4.69, 9.17) is 5.26 Å². The van der Waals surface area contributed by atoms with Crippen LogP contribution in [0.4, 0.5) is 0 Å². The molecule has 0 aliphatic rings. The summed E-state index contributed by atoms with van der Waals surface area (Å²) in [6, 6.07) is 8.98. The van der Waals surface area contributed by atoms with Crippen LogP contribution in [-0.2, 0) is 6.54 Å². The van der Waals surface area contributed by atoms with Crippen LogP contribution >= 0.6 is 0 Å². The molecule has 0 aliphatic heterocycles. The summed E-state index contributed by atoms with van der Waals surface area (Å²) in [4.78, 5) is 0. The van der Waals surface area contributed by atoms with E-state index in [9.17, 15) is 5.11 Å². The molecule has 0 bridgehead atoms. The summed E-state index contributed by atoms with van der Waals surface area (Å²) in [7, 11) is 0. The van der Waals surface area contributed by atoms with Crippen LogP contribution in [0.3, 0.4) is 0 Å². The normalized spacial score (nSPS) is 12.1. The van der Waals surface area contributed by atoms with E-state index < -0.39 is 6.10 Å². The molecular formula is C13H14N4O. The van der Waals surface area contributed by atoms with Gasteiger partial charge in [-0.15, -0.1) is 5.10 Å². The lowest BCUT2D eigenvalue weighted by Crippen LogP contribution is -2.10. The molecule has 18 heavy (non-hydrogen) atoms. The van der Waals surface area contributed by atoms with Crippen molar-refractivity contribution in [3.63, 3.8) is 0 Å². The van der Waals surface area contributed by atoms with Crippen LogP contribution in [0, 0.1) is 11.3 Å². The molecule has 0 spiro atoms. The minimum Gasteiger partial charge on any atom is -0.382 e. The predicted molar refractivity (Wildman–Crippen MR) is 65.5 cm³/mol. The van der Waals surface area contributed by atoms with Gasteiger partial charge in [0.25, 0.3) is 0 Å². The van der Waals surface area contributed by atoms with Crippen LogP contribution in [-0.4, -0.2) is 20.1 Å². The van der Waals surface area contributed by atoms with E-state index >= 15 is 0 Å². The van der Waals surface area contributed by atoms with Crippen molar-refractivity contribution in [2.75, 3.05) is 0 Å². The van der Waals surface area contributed by atoms with Gasteiger partial charge in [0.2, 0.25) is 0 Å². The minimum absolute atomic E-state index is 0.529.